The van der Waals surface area contributed by atoms with E-state index in [0.29, 0.717) is 13.1 Å². The summed E-state index contributed by atoms with van der Waals surface area (Å²) in [6, 6.07) is 32.8. The van der Waals surface area contributed by atoms with Gasteiger partial charge in [0.1, 0.15) is 0 Å². The van der Waals surface area contributed by atoms with Gasteiger partial charge in [0.15, 0.2) is 0 Å². The van der Waals surface area contributed by atoms with Crippen LogP contribution in [0, 0.1) is 0 Å². The topological polar surface area (TPSA) is 41.1 Å². The highest BCUT2D eigenvalue weighted by Gasteiger charge is 2.17. The predicted octanol–water partition coefficient (Wildman–Crippen LogP) is 6.33. The summed E-state index contributed by atoms with van der Waals surface area (Å²) in [4.78, 5) is 13.1. The summed E-state index contributed by atoms with van der Waals surface area (Å²) in [5, 5.41) is 9.81. The first kappa shape index (κ1) is 24.0. The van der Waals surface area contributed by atoms with Gasteiger partial charge in [-0.05, 0) is 71.3 Å². The molecule has 0 saturated heterocycles. The highest BCUT2D eigenvalue weighted by Crippen LogP contribution is 2.16. The fourth-order valence-corrected chi connectivity index (χ4v) is 4.28. The Balaban J connectivity index is 1.35. The van der Waals surface area contributed by atoms with E-state index in [2.05, 4.69) is 77.4 Å². The van der Waals surface area contributed by atoms with Crippen molar-refractivity contribution < 1.29 is 4.79 Å². The van der Waals surface area contributed by atoms with Crippen LogP contribution in [0.5, 0.6) is 0 Å². The number of fused-ring (bicyclic) bond motifs is 1. The lowest BCUT2D eigenvalue weighted by atomic mass is 10.0. The number of benzene rings is 4. The van der Waals surface area contributed by atoms with E-state index in [1.54, 1.807) is 0 Å². The number of halogens is 1. The van der Waals surface area contributed by atoms with Crippen LogP contribution in [0.15, 0.2) is 97.1 Å². The van der Waals surface area contributed by atoms with Gasteiger partial charge in [-0.15, -0.1) is 0 Å². The Kier molecular flexibility index (Phi) is 8.72. The second-order valence-corrected chi connectivity index (χ2v) is 9.10. The molecule has 0 heterocycles. The molecular weight excluding hydrogens is 440 g/mol. The van der Waals surface area contributed by atoms with Gasteiger partial charge in [-0.25, -0.2) is 0 Å². The first-order valence-corrected chi connectivity index (χ1v) is 12.3. The molecule has 0 aromatic heterocycles. The van der Waals surface area contributed by atoms with E-state index in [1.807, 2.05) is 30.3 Å². The molecule has 4 rings (SSSR count). The summed E-state index contributed by atoms with van der Waals surface area (Å²) < 4.78 is 0. The van der Waals surface area contributed by atoms with Crippen molar-refractivity contribution in [2.75, 3.05) is 6.54 Å². The van der Waals surface area contributed by atoms with E-state index in [1.165, 1.54) is 27.5 Å². The normalized spacial score (nSPS) is 11.9. The summed E-state index contributed by atoms with van der Waals surface area (Å²) in [6.07, 6.45) is 3.41. The van der Waals surface area contributed by atoms with Crippen LogP contribution in [-0.2, 0) is 24.2 Å². The summed E-state index contributed by atoms with van der Waals surface area (Å²) in [5.74, 6) is 0.0582. The number of rotatable bonds is 11. The Hall–Kier alpha value is -3.14. The molecule has 0 aliphatic heterocycles. The van der Waals surface area contributed by atoms with Gasteiger partial charge in [0.2, 0.25) is 5.91 Å². The summed E-state index contributed by atoms with van der Waals surface area (Å²) in [7, 11) is 0. The number of nitrogens with one attached hydrogen (secondary N) is 2. The van der Waals surface area contributed by atoms with Crippen LogP contribution in [0.25, 0.3) is 10.8 Å². The van der Waals surface area contributed by atoms with Crippen LogP contribution < -0.4 is 10.6 Å². The molecular formula is C30H31ClN2O. The molecule has 0 saturated carbocycles. The zero-order chi connectivity index (χ0) is 23.6. The molecule has 0 spiro atoms. The van der Waals surface area contributed by atoms with Gasteiger partial charge < -0.3 is 10.6 Å². The van der Waals surface area contributed by atoms with Crippen LogP contribution in [0.1, 0.15) is 29.5 Å². The maximum absolute atomic E-state index is 13.1. The van der Waals surface area contributed by atoms with Gasteiger partial charge in [-0.1, -0.05) is 90.5 Å². The summed E-state index contributed by atoms with van der Waals surface area (Å²) in [5.41, 5.74) is 3.65. The summed E-state index contributed by atoms with van der Waals surface area (Å²) >= 11 is 6.02. The molecule has 174 valence electrons. The molecule has 0 aliphatic carbocycles. The largest absolute Gasteiger partial charge is 0.355 e. The molecule has 34 heavy (non-hydrogen) atoms. The Morgan fingerprint density at radius 1 is 0.735 bits per heavy atom. The smallest absolute Gasteiger partial charge is 0.237 e. The maximum Gasteiger partial charge on any atom is 0.237 e. The minimum atomic E-state index is -0.265. The van der Waals surface area contributed by atoms with E-state index < -0.39 is 0 Å². The molecule has 0 radical (unpaired) electrons. The minimum absolute atomic E-state index is 0.0582. The molecule has 1 amide bonds. The zero-order valence-electron chi connectivity index (χ0n) is 19.3. The van der Waals surface area contributed by atoms with Crippen LogP contribution in [0.4, 0.5) is 0 Å². The van der Waals surface area contributed by atoms with Crippen LogP contribution in [-0.4, -0.2) is 18.5 Å². The standard InChI is InChI=1S/C30H31ClN2O/c31-28-17-13-24(14-18-28)15-19-29(30(34)32-20-6-9-23-7-2-1-3-8-23)33-22-25-12-16-26-10-4-5-11-27(26)21-25/h1-5,7-8,10-14,16-18,21,29,33H,6,9,15,19-20,22H2,(H,32,34)/t29-/m0/s1. The average molecular weight is 471 g/mol. The molecule has 1 atom stereocenters. The van der Waals surface area contributed by atoms with Crippen LogP contribution in [0.2, 0.25) is 5.02 Å². The molecule has 0 unspecified atom stereocenters. The van der Waals surface area contributed by atoms with Crippen molar-refractivity contribution in [2.45, 2.75) is 38.3 Å². The molecule has 0 aliphatic rings. The molecule has 4 heteroatoms. The summed E-state index contributed by atoms with van der Waals surface area (Å²) in [6.45, 7) is 1.32. The number of aryl methyl sites for hydroxylation is 2. The van der Waals surface area contributed by atoms with Crippen molar-refractivity contribution in [1.29, 1.82) is 0 Å². The number of hydrogen-bond donors (Lipinski definition) is 2. The molecule has 4 aromatic rings. The first-order chi connectivity index (χ1) is 16.7. The van der Waals surface area contributed by atoms with E-state index in [0.717, 1.165) is 30.7 Å². The third-order valence-corrected chi connectivity index (χ3v) is 6.35. The third kappa shape index (κ3) is 7.18. The average Bonchev–Trinajstić information content (AvgIpc) is 2.88. The van der Waals surface area contributed by atoms with E-state index in [9.17, 15) is 4.79 Å². The number of carbonyl (C=O) groups excluding carboxylic acids is 1. The second kappa shape index (κ2) is 12.4. The second-order valence-electron chi connectivity index (χ2n) is 8.66. The SMILES string of the molecule is O=C(NCCCc1ccccc1)[C@H](CCc1ccc(Cl)cc1)NCc1ccc2ccccc2c1. The van der Waals surface area contributed by atoms with Gasteiger partial charge in [0.05, 0.1) is 6.04 Å². The lowest BCUT2D eigenvalue weighted by molar-refractivity contribution is -0.123. The Morgan fingerprint density at radius 2 is 1.41 bits per heavy atom. The Morgan fingerprint density at radius 3 is 2.21 bits per heavy atom. The predicted molar refractivity (Wildman–Crippen MR) is 142 cm³/mol. The number of hydrogen-bond acceptors (Lipinski definition) is 2. The van der Waals surface area contributed by atoms with Gasteiger partial charge in [-0.2, -0.15) is 0 Å². The van der Waals surface area contributed by atoms with E-state index >= 15 is 0 Å². The van der Waals surface area contributed by atoms with Crippen molar-refractivity contribution in [1.82, 2.24) is 10.6 Å². The molecule has 4 aromatic carbocycles. The van der Waals surface area contributed by atoms with E-state index in [4.69, 9.17) is 11.6 Å². The lowest BCUT2D eigenvalue weighted by Gasteiger charge is -2.19. The van der Waals surface area contributed by atoms with Gasteiger partial charge in [0.25, 0.3) is 0 Å². The van der Waals surface area contributed by atoms with Crippen molar-refractivity contribution in [3.8, 4) is 0 Å². The molecule has 2 N–H and O–H groups in total. The Bertz CT molecular complexity index is 1190. The fraction of sp³-hybridized carbons (Fsp3) is 0.233. The third-order valence-electron chi connectivity index (χ3n) is 6.10. The van der Waals surface area contributed by atoms with Crippen LogP contribution in [0.3, 0.4) is 0 Å². The van der Waals surface area contributed by atoms with Crippen molar-refractivity contribution >= 4 is 28.3 Å². The first-order valence-electron chi connectivity index (χ1n) is 11.9. The highest BCUT2D eigenvalue weighted by atomic mass is 35.5. The fourth-order valence-electron chi connectivity index (χ4n) is 4.15. The van der Waals surface area contributed by atoms with Gasteiger partial charge in [0, 0.05) is 18.1 Å². The lowest BCUT2D eigenvalue weighted by Crippen LogP contribution is -2.44. The van der Waals surface area contributed by atoms with E-state index in [-0.39, 0.29) is 11.9 Å². The molecule has 0 fully saturated rings. The Labute approximate surface area is 207 Å². The van der Waals surface area contributed by atoms with Crippen molar-refractivity contribution in [3.63, 3.8) is 0 Å². The molecule has 3 nitrogen and oxygen atoms in total. The molecule has 0 bridgehead atoms. The highest BCUT2D eigenvalue weighted by molar-refractivity contribution is 6.30. The monoisotopic (exact) mass is 470 g/mol. The number of carbonyl (C=O) groups is 1. The zero-order valence-corrected chi connectivity index (χ0v) is 20.1. The minimum Gasteiger partial charge on any atom is -0.355 e. The van der Waals surface area contributed by atoms with Gasteiger partial charge in [-0.3, -0.25) is 4.79 Å². The maximum atomic E-state index is 13.1. The van der Waals surface area contributed by atoms with Crippen molar-refractivity contribution in [2.24, 2.45) is 0 Å². The van der Waals surface area contributed by atoms with Crippen LogP contribution >= 0.6 is 11.6 Å². The quantitative estimate of drug-likeness (QED) is 0.251. The van der Waals surface area contributed by atoms with Gasteiger partial charge >= 0.3 is 0 Å². The number of amides is 1. The van der Waals surface area contributed by atoms with Crippen molar-refractivity contribution in [3.05, 3.63) is 119 Å².